The molecule has 2 heterocycles. The molecule has 29 heavy (non-hydrogen) atoms. The summed E-state index contributed by atoms with van der Waals surface area (Å²) in [5.41, 5.74) is 1.37. The number of anilines is 1. The zero-order chi connectivity index (χ0) is 21.0. The van der Waals surface area contributed by atoms with Crippen molar-refractivity contribution in [1.29, 1.82) is 0 Å². The topological polar surface area (TPSA) is 79.0 Å². The summed E-state index contributed by atoms with van der Waals surface area (Å²) in [7, 11) is 0. The zero-order valence-corrected chi connectivity index (χ0v) is 18.4. The summed E-state index contributed by atoms with van der Waals surface area (Å²) in [6, 6.07) is 0.0922. The Morgan fingerprint density at radius 3 is 2.55 bits per heavy atom. The Balaban J connectivity index is 1.86. The number of rotatable bonds is 5. The third-order valence-electron chi connectivity index (χ3n) is 5.82. The second kappa shape index (κ2) is 9.61. The predicted molar refractivity (Wildman–Crippen MR) is 113 cm³/mol. The highest BCUT2D eigenvalue weighted by Crippen LogP contribution is 2.38. The standard InChI is InChI=1S/C21H31N3O4S/c1-4-24(15-9-7-6-8-10-15)21(27)22-19-18(20(26)28-5-2)16-11-12-23(14(3)25)13-17(16)29-19/h15H,4-13H2,1-3H3,(H,22,27). The van der Waals surface area contributed by atoms with Crippen molar-refractivity contribution in [3.8, 4) is 0 Å². The third-order valence-corrected chi connectivity index (χ3v) is 6.95. The Morgan fingerprint density at radius 1 is 1.21 bits per heavy atom. The van der Waals surface area contributed by atoms with Crippen LogP contribution in [0.4, 0.5) is 9.80 Å². The van der Waals surface area contributed by atoms with Crippen LogP contribution in [0.1, 0.15) is 73.7 Å². The van der Waals surface area contributed by atoms with Gasteiger partial charge in [-0.15, -0.1) is 11.3 Å². The van der Waals surface area contributed by atoms with Crippen LogP contribution in [0.5, 0.6) is 0 Å². The van der Waals surface area contributed by atoms with E-state index in [9.17, 15) is 14.4 Å². The van der Waals surface area contributed by atoms with Gasteiger partial charge >= 0.3 is 12.0 Å². The minimum atomic E-state index is -0.405. The Morgan fingerprint density at radius 2 is 1.93 bits per heavy atom. The SMILES string of the molecule is CCOC(=O)c1c(NC(=O)N(CC)C2CCCCC2)sc2c1CCN(C(C)=O)C2. The number of carbonyl (C=O) groups excluding carboxylic acids is 3. The summed E-state index contributed by atoms with van der Waals surface area (Å²) in [5, 5.41) is 3.54. The van der Waals surface area contributed by atoms with Crippen LogP contribution in [-0.2, 0) is 22.5 Å². The number of urea groups is 1. The molecule has 8 heteroatoms. The van der Waals surface area contributed by atoms with Crippen LogP contribution < -0.4 is 5.32 Å². The van der Waals surface area contributed by atoms with E-state index < -0.39 is 5.97 Å². The van der Waals surface area contributed by atoms with Gasteiger partial charge < -0.3 is 14.5 Å². The monoisotopic (exact) mass is 421 g/mol. The summed E-state index contributed by atoms with van der Waals surface area (Å²) in [6.07, 6.45) is 6.18. The number of hydrogen-bond donors (Lipinski definition) is 1. The van der Waals surface area contributed by atoms with Crippen LogP contribution in [0.15, 0.2) is 0 Å². The van der Waals surface area contributed by atoms with Crippen molar-refractivity contribution >= 4 is 34.2 Å². The van der Waals surface area contributed by atoms with Gasteiger partial charge in [-0.1, -0.05) is 19.3 Å². The first-order valence-corrected chi connectivity index (χ1v) is 11.4. The lowest BCUT2D eigenvalue weighted by atomic mass is 9.94. The predicted octanol–water partition coefficient (Wildman–Crippen LogP) is 4.02. The molecule has 7 nitrogen and oxygen atoms in total. The fraction of sp³-hybridized carbons (Fsp3) is 0.667. The molecule has 0 saturated heterocycles. The molecule has 1 N–H and O–H groups in total. The maximum Gasteiger partial charge on any atom is 0.341 e. The molecule has 160 valence electrons. The van der Waals surface area contributed by atoms with E-state index in [1.165, 1.54) is 17.8 Å². The van der Waals surface area contributed by atoms with Crippen molar-refractivity contribution in [3.63, 3.8) is 0 Å². The van der Waals surface area contributed by atoms with Gasteiger partial charge in [0.1, 0.15) is 5.00 Å². The second-order valence-electron chi connectivity index (χ2n) is 7.63. The second-order valence-corrected chi connectivity index (χ2v) is 8.73. The number of nitrogens with zero attached hydrogens (tertiary/aromatic N) is 2. The molecule has 0 spiro atoms. The molecule has 3 amide bonds. The Labute approximate surface area is 176 Å². The Bertz CT molecular complexity index is 770. The number of esters is 1. The van der Waals surface area contributed by atoms with Crippen molar-refractivity contribution in [3.05, 3.63) is 16.0 Å². The molecule has 0 unspecified atom stereocenters. The van der Waals surface area contributed by atoms with Crippen molar-refractivity contribution in [2.45, 2.75) is 71.9 Å². The molecular formula is C21H31N3O4S. The number of fused-ring (bicyclic) bond motifs is 1. The average Bonchev–Trinajstić information content (AvgIpc) is 3.06. The van der Waals surface area contributed by atoms with Crippen LogP contribution in [0.25, 0.3) is 0 Å². The fourth-order valence-corrected chi connectivity index (χ4v) is 5.55. The minimum Gasteiger partial charge on any atom is -0.462 e. The Kier molecular flexibility index (Phi) is 7.16. The molecule has 0 bridgehead atoms. The van der Waals surface area contributed by atoms with E-state index in [0.717, 1.165) is 36.1 Å². The molecule has 1 saturated carbocycles. The summed E-state index contributed by atoms with van der Waals surface area (Å²) in [6.45, 7) is 7.27. The molecule has 1 aromatic heterocycles. The lowest BCUT2D eigenvalue weighted by Crippen LogP contribution is -2.43. The largest absolute Gasteiger partial charge is 0.462 e. The van der Waals surface area contributed by atoms with Crippen molar-refractivity contribution in [1.82, 2.24) is 9.80 Å². The quantitative estimate of drug-likeness (QED) is 0.729. The van der Waals surface area contributed by atoms with Gasteiger partial charge in [-0.05, 0) is 38.7 Å². The molecule has 3 rings (SSSR count). The molecule has 1 aliphatic heterocycles. The molecular weight excluding hydrogens is 390 g/mol. The molecule has 1 aromatic rings. The molecule has 1 aliphatic carbocycles. The van der Waals surface area contributed by atoms with E-state index in [1.807, 2.05) is 11.8 Å². The van der Waals surface area contributed by atoms with Crippen molar-refractivity contribution in [2.24, 2.45) is 0 Å². The number of hydrogen-bond acceptors (Lipinski definition) is 5. The van der Waals surface area contributed by atoms with Crippen LogP contribution in [0.3, 0.4) is 0 Å². The van der Waals surface area contributed by atoms with Gasteiger partial charge in [0.2, 0.25) is 5.91 Å². The van der Waals surface area contributed by atoms with Crippen LogP contribution in [-0.4, -0.2) is 53.4 Å². The zero-order valence-electron chi connectivity index (χ0n) is 17.6. The van der Waals surface area contributed by atoms with Crippen LogP contribution >= 0.6 is 11.3 Å². The third kappa shape index (κ3) is 4.74. The minimum absolute atomic E-state index is 0.0155. The van der Waals surface area contributed by atoms with Gasteiger partial charge in [-0.3, -0.25) is 10.1 Å². The van der Waals surface area contributed by atoms with E-state index in [1.54, 1.807) is 18.7 Å². The molecule has 0 aromatic carbocycles. The van der Waals surface area contributed by atoms with Gasteiger partial charge in [0.25, 0.3) is 0 Å². The molecule has 2 aliphatic rings. The number of thiophene rings is 1. The lowest BCUT2D eigenvalue weighted by molar-refractivity contribution is -0.129. The maximum atomic E-state index is 13.1. The van der Waals surface area contributed by atoms with E-state index >= 15 is 0 Å². The van der Waals surface area contributed by atoms with E-state index in [4.69, 9.17) is 4.74 Å². The summed E-state index contributed by atoms with van der Waals surface area (Å²) in [5.74, 6) is -0.390. The van der Waals surface area contributed by atoms with E-state index in [2.05, 4.69) is 5.32 Å². The van der Waals surface area contributed by atoms with Crippen molar-refractivity contribution < 1.29 is 19.1 Å². The molecule has 1 fully saturated rings. The molecule has 0 atom stereocenters. The first-order valence-electron chi connectivity index (χ1n) is 10.6. The summed E-state index contributed by atoms with van der Waals surface area (Å²) in [4.78, 5) is 42.1. The van der Waals surface area contributed by atoms with Gasteiger partial charge in [-0.25, -0.2) is 9.59 Å². The smallest absolute Gasteiger partial charge is 0.341 e. The fourth-order valence-electron chi connectivity index (χ4n) is 4.31. The Hall–Kier alpha value is -2.09. The maximum absolute atomic E-state index is 13.1. The van der Waals surface area contributed by atoms with Crippen LogP contribution in [0, 0.1) is 0 Å². The highest BCUT2D eigenvalue weighted by molar-refractivity contribution is 7.17. The summed E-state index contributed by atoms with van der Waals surface area (Å²) < 4.78 is 5.27. The number of carbonyl (C=O) groups is 3. The lowest BCUT2D eigenvalue weighted by Gasteiger charge is -2.33. The van der Waals surface area contributed by atoms with E-state index in [-0.39, 0.29) is 24.6 Å². The number of ether oxygens (including phenoxy) is 1. The normalized spacial score (nSPS) is 16.9. The summed E-state index contributed by atoms with van der Waals surface area (Å²) >= 11 is 1.39. The first-order chi connectivity index (χ1) is 14.0. The average molecular weight is 422 g/mol. The molecule has 0 radical (unpaired) electrons. The van der Waals surface area contributed by atoms with Crippen LogP contribution in [0.2, 0.25) is 0 Å². The van der Waals surface area contributed by atoms with Gasteiger partial charge in [0.15, 0.2) is 0 Å². The van der Waals surface area contributed by atoms with E-state index in [0.29, 0.717) is 36.6 Å². The van der Waals surface area contributed by atoms with Gasteiger partial charge in [0.05, 0.1) is 18.7 Å². The highest BCUT2D eigenvalue weighted by atomic mass is 32.1. The highest BCUT2D eigenvalue weighted by Gasteiger charge is 2.32. The van der Waals surface area contributed by atoms with Gasteiger partial charge in [-0.2, -0.15) is 0 Å². The number of amides is 3. The van der Waals surface area contributed by atoms with Crippen molar-refractivity contribution in [2.75, 3.05) is 25.0 Å². The first kappa shape index (κ1) is 21.6. The number of nitrogens with one attached hydrogen (secondary N) is 1. The van der Waals surface area contributed by atoms with Gasteiger partial charge in [0, 0.05) is 30.9 Å².